The topological polar surface area (TPSA) is 105 Å². The molecule has 0 unspecified atom stereocenters. The summed E-state index contributed by atoms with van der Waals surface area (Å²) in [6, 6.07) is 12.6. The number of rotatable bonds is 7. The number of nitro groups is 2. The van der Waals surface area contributed by atoms with Gasteiger partial charge in [0.1, 0.15) is 11.5 Å². The largest absolute Gasteiger partial charge is 0.497 e. The van der Waals surface area contributed by atoms with Gasteiger partial charge in [-0.05, 0) is 62.4 Å². The van der Waals surface area contributed by atoms with E-state index in [1.54, 1.807) is 48.5 Å². The van der Waals surface area contributed by atoms with Gasteiger partial charge in [0.2, 0.25) is 0 Å². The van der Waals surface area contributed by atoms with Gasteiger partial charge in [-0.1, -0.05) is 0 Å². The summed E-state index contributed by atoms with van der Waals surface area (Å²) in [5.41, 5.74) is 0.677. The van der Waals surface area contributed by atoms with E-state index < -0.39 is 9.85 Å². The molecular formula is C20H20N2O6. The fraction of sp³-hybridized carbons (Fsp3) is 0.200. The van der Waals surface area contributed by atoms with Crippen LogP contribution in [0, 0.1) is 20.2 Å². The van der Waals surface area contributed by atoms with Gasteiger partial charge in [-0.15, -0.1) is 0 Å². The lowest BCUT2D eigenvalue weighted by Crippen LogP contribution is -2.06. The first-order chi connectivity index (χ1) is 13.3. The minimum atomic E-state index is -0.535. The molecule has 0 aliphatic rings. The quantitative estimate of drug-likeness (QED) is 0.397. The second-order valence-electron chi connectivity index (χ2n) is 5.92. The average molecular weight is 384 g/mol. The van der Waals surface area contributed by atoms with E-state index in [-0.39, 0.29) is 22.5 Å². The van der Waals surface area contributed by atoms with E-state index in [2.05, 4.69) is 0 Å². The van der Waals surface area contributed by atoms with Crippen LogP contribution in [0.4, 0.5) is 0 Å². The summed E-state index contributed by atoms with van der Waals surface area (Å²) < 4.78 is 10.1. The highest BCUT2D eigenvalue weighted by molar-refractivity contribution is 5.73. The Bertz CT molecular complexity index is 864. The molecule has 0 radical (unpaired) electrons. The van der Waals surface area contributed by atoms with Crippen molar-refractivity contribution in [3.8, 4) is 11.5 Å². The first-order valence-corrected chi connectivity index (χ1v) is 8.29. The third-order valence-electron chi connectivity index (χ3n) is 4.36. The summed E-state index contributed by atoms with van der Waals surface area (Å²) in [6.07, 6.45) is 0. The van der Waals surface area contributed by atoms with Crippen molar-refractivity contribution in [2.75, 3.05) is 14.2 Å². The van der Waals surface area contributed by atoms with Crippen LogP contribution < -0.4 is 9.47 Å². The van der Waals surface area contributed by atoms with Crippen LogP contribution in [0.1, 0.15) is 25.0 Å². The standard InChI is InChI=1S/C20H20N2O6/c1-13(19(21(23)24)15-5-9-17(27-3)10-6-15)14(2)20(22(25)26)16-7-11-18(28-4)12-8-16/h5-12H,1-4H3. The number of methoxy groups -OCH3 is 2. The van der Waals surface area contributed by atoms with E-state index in [4.69, 9.17) is 9.47 Å². The minimum absolute atomic E-state index is 0.201. The Hall–Kier alpha value is -3.68. The van der Waals surface area contributed by atoms with E-state index >= 15 is 0 Å². The summed E-state index contributed by atoms with van der Waals surface area (Å²) in [5.74, 6) is 1.11. The van der Waals surface area contributed by atoms with Crippen LogP contribution in [-0.4, -0.2) is 24.1 Å². The first kappa shape index (κ1) is 20.6. The Morgan fingerprint density at radius 1 is 0.679 bits per heavy atom. The van der Waals surface area contributed by atoms with Gasteiger partial charge in [-0.3, -0.25) is 20.2 Å². The Balaban J connectivity index is 2.66. The maximum atomic E-state index is 11.7. The van der Waals surface area contributed by atoms with Crippen LogP contribution in [0.2, 0.25) is 0 Å². The van der Waals surface area contributed by atoms with Gasteiger partial charge in [0.05, 0.1) is 35.2 Å². The Morgan fingerprint density at radius 3 is 1.18 bits per heavy atom. The fourth-order valence-electron chi connectivity index (χ4n) is 2.77. The van der Waals surface area contributed by atoms with Crippen LogP contribution in [0.3, 0.4) is 0 Å². The highest BCUT2D eigenvalue weighted by Gasteiger charge is 2.26. The van der Waals surface area contributed by atoms with Gasteiger partial charge in [0.15, 0.2) is 0 Å². The highest BCUT2D eigenvalue weighted by atomic mass is 16.6. The zero-order valence-corrected chi connectivity index (χ0v) is 16.0. The SMILES string of the molecule is COc1ccc(C(=C(C)C(C)=C(c2ccc(OC)cc2)[N+](=O)[O-])[N+](=O)[O-])cc1. The molecule has 2 rings (SSSR count). The first-order valence-electron chi connectivity index (χ1n) is 8.29. The maximum absolute atomic E-state index is 11.7. The van der Waals surface area contributed by atoms with E-state index in [1.165, 1.54) is 28.1 Å². The molecule has 0 N–H and O–H groups in total. The smallest absolute Gasteiger partial charge is 0.279 e. The number of hydrogen-bond donors (Lipinski definition) is 0. The summed E-state index contributed by atoms with van der Waals surface area (Å²) in [7, 11) is 2.99. The van der Waals surface area contributed by atoms with Gasteiger partial charge in [-0.25, -0.2) is 0 Å². The van der Waals surface area contributed by atoms with Crippen LogP contribution in [-0.2, 0) is 0 Å². The molecule has 0 aromatic heterocycles. The molecular weight excluding hydrogens is 364 g/mol. The molecule has 146 valence electrons. The summed E-state index contributed by atoms with van der Waals surface area (Å²) in [4.78, 5) is 22.4. The Morgan fingerprint density at radius 2 is 0.964 bits per heavy atom. The molecule has 0 heterocycles. The van der Waals surface area contributed by atoms with E-state index in [9.17, 15) is 20.2 Å². The number of benzene rings is 2. The number of hydrogen-bond acceptors (Lipinski definition) is 6. The van der Waals surface area contributed by atoms with Crippen molar-refractivity contribution >= 4 is 11.4 Å². The third-order valence-corrected chi connectivity index (χ3v) is 4.36. The van der Waals surface area contributed by atoms with Crippen LogP contribution in [0.5, 0.6) is 11.5 Å². The molecule has 0 saturated carbocycles. The zero-order chi connectivity index (χ0) is 20.8. The highest BCUT2D eigenvalue weighted by Crippen LogP contribution is 2.31. The van der Waals surface area contributed by atoms with Gasteiger partial charge >= 0.3 is 0 Å². The molecule has 0 spiro atoms. The minimum Gasteiger partial charge on any atom is -0.497 e. The molecule has 0 atom stereocenters. The number of nitrogens with zero attached hydrogens (tertiary/aromatic N) is 2. The van der Waals surface area contributed by atoms with Gasteiger partial charge in [0.25, 0.3) is 11.4 Å². The third kappa shape index (κ3) is 4.35. The van der Waals surface area contributed by atoms with Crippen molar-refractivity contribution in [1.29, 1.82) is 0 Å². The van der Waals surface area contributed by atoms with E-state index in [0.717, 1.165) is 0 Å². The molecule has 2 aromatic rings. The molecule has 0 bridgehead atoms. The summed E-state index contributed by atoms with van der Waals surface area (Å²) in [5, 5.41) is 23.4. The predicted molar refractivity (Wildman–Crippen MR) is 105 cm³/mol. The summed E-state index contributed by atoms with van der Waals surface area (Å²) in [6.45, 7) is 3.01. The second-order valence-corrected chi connectivity index (χ2v) is 5.92. The Kier molecular flexibility index (Phi) is 6.49. The molecule has 0 aliphatic carbocycles. The zero-order valence-electron chi connectivity index (χ0n) is 16.0. The fourth-order valence-corrected chi connectivity index (χ4v) is 2.77. The van der Waals surface area contributed by atoms with Crippen LogP contribution >= 0.6 is 0 Å². The lowest BCUT2D eigenvalue weighted by atomic mass is 9.98. The molecule has 8 nitrogen and oxygen atoms in total. The van der Waals surface area contributed by atoms with Gasteiger partial charge in [0, 0.05) is 11.1 Å². The van der Waals surface area contributed by atoms with E-state index in [0.29, 0.717) is 22.6 Å². The molecule has 2 aromatic carbocycles. The van der Waals surface area contributed by atoms with Gasteiger partial charge in [-0.2, -0.15) is 0 Å². The lowest BCUT2D eigenvalue weighted by molar-refractivity contribution is -0.378. The second kappa shape index (κ2) is 8.81. The molecule has 28 heavy (non-hydrogen) atoms. The number of ether oxygens (including phenoxy) is 2. The molecule has 0 aliphatic heterocycles. The van der Waals surface area contributed by atoms with Crippen LogP contribution in [0.25, 0.3) is 11.4 Å². The van der Waals surface area contributed by atoms with Gasteiger partial charge < -0.3 is 9.47 Å². The van der Waals surface area contributed by atoms with Crippen molar-refractivity contribution in [3.05, 3.63) is 91.0 Å². The average Bonchev–Trinajstić information content (AvgIpc) is 2.68. The predicted octanol–water partition coefficient (Wildman–Crippen LogP) is 4.42. The Labute approximate surface area is 162 Å². The normalized spacial score (nSPS) is 12.6. The molecule has 0 amide bonds. The molecule has 8 heteroatoms. The lowest BCUT2D eigenvalue weighted by Gasteiger charge is -2.09. The van der Waals surface area contributed by atoms with Crippen molar-refractivity contribution in [2.45, 2.75) is 13.8 Å². The molecule has 0 fully saturated rings. The van der Waals surface area contributed by atoms with E-state index in [1.807, 2.05) is 0 Å². The van der Waals surface area contributed by atoms with Crippen molar-refractivity contribution in [1.82, 2.24) is 0 Å². The molecule has 0 saturated heterocycles. The summed E-state index contributed by atoms with van der Waals surface area (Å²) >= 11 is 0. The maximum Gasteiger partial charge on any atom is 0.279 e. The monoisotopic (exact) mass is 384 g/mol. The van der Waals surface area contributed by atoms with Crippen molar-refractivity contribution in [2.24, 2.45) is 0 Å². The van der Waals surface area contributed by atoms with Crippen LogP contribution in [0.15, 0.2) is 59.7 Å². The van der Waals surface area contributed by atoms with Crippen molar-refractivity contribution in [3.63, 3.8) is 0 Å². The number of allylic oxidation sites excluding steroid dienone is 2. The van der Waals surface area contributed by atoms with Crippen molar-refractivity contribution < 1.29 is 19.3 Å².